The largest absolute Gasteiger partial charge is 0.493 e. The molecule has 0 saturated carbocycles. The van der Waals surface area contributed by atoms with Gasteiger partial charge in [-0.3, -0.25) is 9.59 Å². The van der Waals surface area contributed by atoms with E-state index in [9.17, 15) is 9.59 Å². The quantitative estimate of drug-likeness (QED) is 0.212. The van der Waals surface area contributed by atoms with Crippen molar-refractivity contribution in [2.24, 2.45) is 11.3 Å². The molecule has 0 radical (unpaired) electrons. The fourth-order valence-corrected chi connectivity index (χ4v) is 5.30. The molecule has 2 aromatic carbocycles. The van der Waals surface area contributed by atoms with Crippen molar-refractivity contribution >= 4 is 23.3 Å². The molecule has 2 N–H and O–H groups in total. The Labute approximate surface area is 243 Å². The molecule has 0 saturated heterocycles. The van der Waals surface area contributed by atoms with Crippen LogP contribution in [0.15, 0.2) is 60.8 Å². The number of pyridine rings is 1. The van der Waals surface area contributed by atoms with E-state index >= 15 is 0 Å². The molecular weight excluding hydrogens is 518 g/mol. The second kappa shape index (κ2) is 14.5. The zero-order valence-corrected chi connectivity index (χ0v) is 25.2. The van der Waals surface area contributed by atoms with Crippen molar-refractivity contribution in [2.75, 3.05) is 32.0 Å². The Hall–Kier alpha value is -4.07. The fourth-order valence-electron chi connectivity index (χ4n) is 5.30. The van der Waals surface area contributed by atoms with Crippen molar-refractivity contribution in [1.82, 2.24) is 4.98 Å². The smallest absolute Gasteiger partial charge is 0.256 e. The second-order valence-corrected chi connectivity index (χ2v) is 11.1. The first-order chi connectivity index (χ1) is 19.6. The van der Waals surface area contributed by atoms with Crippen LogP contribution in [0, 0.1) is 11.3 Å². The molecule has 8 heteroatoms. The molecule has 8 nitrogen and oxygen atoms in total. The average Bonchev–Trinajstić information content (AvgIpc) is 2.95. The SMILES string of the molecule is CCCCCC(c1ccc(OC)c(OC)c1OC)C(C(=O)Nc1cccc(C(=O)Nc2ccccn2)c1)C(C)(C)C. The Kier molecular flexibility index (Phi) is 11.1. The first kappa shape index (κ1) is 31.5. The first-order valence-electron chi connectivity index (χ1n) is 14.1. The summed E-state index contributed by atoms with van der Waals surface area (Å²) in [5, 5.41) is 5.89. The van der Waals surface area contributed by atoms with Crippen molar-refractivity contribution in [3.8, 4) is 17.2 Å². The standard InChI is InChI=1S/C33H43N3O5/c1-8-9-10-16-24(25-18-19-26(39-5)30(41-7)29(25)40-6)28(33(2,3)4)32(38)35-23-15-13-14-22(21-23)31(37)36-27-17-11-12-20-34-27/h11-15,17-21,24,28H,8-10,16H2,1-7H3,(H,35,38)(H,34,36,37). The Bertz CT molecular complexity index is 1300. The lowest BCUT2D eigenvalue weighted by atomic mass is 9.68. The number of anilines is 2. The number of hydrogen-bond donors (Lipinski definition) is 2. The number of nitrogens with one attached hydrogen (secondary N) is 2. The van der Waals surface area contributed by atoms with E-state index in [-0.39, 0.29) is 17.7 Å². The van der Waals surface area contributed by atoms with Crippen LogP contribution < -0.4 is 24.8 Å². The highest BCUT2D eigenvalue weighted by Crippen LogP contribution is 2.49. The minimum absolute atomic E-state index is 0.127. The molecule has 2 amide bonds. The highest BCUT2D eigenvalue weighted by atomic mass is 16.5. The third-order valence-electron chi connectivity index (χ3n) is 7.17. The maximum Gasteiger partial charge on any atom is 0.256 e. The van der Waals surface area contributed by atoms with Gasteiger partial charge in [0.1, 0.15) is 5.82 Å². The summed E-state index contributed by atoms with van der Waals surface area (Å²) in [7, 11) is 4.78. The molecule has 0 aliphatic rings. The van der Waals surface area contributed by atoms with Gasteiger partial charge in [-0.05, 0) is 54.2 Å². The van der Waals surface area contributed by atoms with Gasteiger partial charge in [-0.2, -0.15) is 0 Å². The monoisotopic (exact) mass is 561 g/mol. The van der Waals surface area contributed by atoms with Gasteiger partial charge in [0, 0.05) is 23.0 Å². The van der Waals surface area contributed by atoms with Gasteiger partial charge >= 0.3 is 0 Å². The number of methoxy groups -OCH3 is 3. The van der Waals surface area contributed by atoms with E-state index in [2.05, 4.69) is 43.3 Å². The maximum absolute atomic E-state index is 14.1. The highest BCUT2D eigenvalue weighted by molar-refractivity contribution is 6.05. The van der Waals surface area contributed by atoms with Gasteiger partial charge in [-0.15, -0.1) is 0 Å². The van der Waals surface area contributed by atoms with Crippen LogP contribution in [0.2, 0.25) is 0 Å². The molecule has 0 fully saturated rings. The van der Waals surface area contributed by atoms with E-state index in [1.807, 2.05) is 12.1 Å². The topological polar surface area (TPSA) is 98.8 Å². The lowest BCUT2D eigenvalue weighted by Gasteiger charge is -2.37. The highest BCUT2D eigenvalue weighted by Gasteiger charge is 2.40. The lowest BCUT2D eigenvalue weighted by Crippen LogP contribution is -2.38. The predicted octanol–water partition coefficient (Wildman–Crippen LogP) is 7.32. The molecular formula is C33H43N3O5. The summed E-state index contributed by atoms with van der Waals surface area (Å²) in [6, 6.07) is 16.1. The Balaban J connectivity index is 1.98. The number of hydrogen-bond acceptors (Lipinski definition) is 6. The van der Waals surface area contributed by atoms with Crippen molar-refractivity contribution in [2.45, 2.75) is 59.3 Å². The van der Waals surface area contributed by atoms with Crippen LogP contribution in [-0.4, -0.2) is 38.1 Å². The predicted molar refractivity (Wildman–Crippen MR) is 163 cm³/mol. The molecule has 3 rings (SSSR count). The maximum atomic E-state index is 14.1. The van der Waals surface area contributed by atoms with E-state index in [0.717, 1.165) is 31.2 Å². The summed E-state index contributed by atoms with van der Waals surface area (Å²) in [5.41, 5.74) is 1.47. The molecule has 1 aromatic heterocycles. The Morgan fingerprint density at radius 3 is 2.24 bits per heavy atom. The number of carbonyl (C=O) groups is 2. The number of ether oxygens (including phenoxy) is 3. The van der Waals surface area contributed by atoms with Crippen LogP contribution in [-0.2, 0) is 4.79 Å². The van der Waals surface area contributed by atoms with Crippen LogP contribution in [0.4, 0.5) is 11.5 Å². The van der Waals surface area contributed by atoms with Gasteiger partial charge in [0.2, 0.25) is 11.7 Å². The normalized spacial score (nSPS) is 12.7. The molecule has 2 atom stereocenters. The summed E-state index contributed by atoms with van der Waals surface area (Å²) in [6.45, 7) is 8.40. The number of benzene rings is 2. The van der Waals surface area contributed by atoms with Crippen molar-refractivity contribution in [1.29, 1.82) is 0 Å². The van der Waals surface area contributed by atoms with E-state index in [4.69, 9.17) is 14.2 Å². The summed E-state index contributed by atoms with van der Waals surface area (Å²) in [5.74, 6) is 1.09. The van der Waals surface area contributed by atoms with Crippen molar-refractivity contribution < 1.29 is 23.8 Å². The van der Waals surface area contributed by atoms with Crippen LogP contribution in [0.25, 0.3) is 0 Å². The summed E-state index contributed by atoms with van der Waals surface area (Å²) in [4.78, 5) is 31.2. The second-order valence-electron chi connectivity index (χ2n) is 11.1. The van der Waals surface area contributed by atoms with E-state index < -0.39 is 11.3 Å². The number of rotatable bonds is 13. The zero-order valence-electron chi connectivity index (χ0n) is 25.2. The Morgan fingerprint density at radius 2 is 1.63 bits per heavy atom. The average molecular weight is 562 g/mol. The van der Waals surface area contributed by atoms with Gasteiger partial charge in [-0.1, -0.05) is 65.2 Å². The van der Waals surface area contributed by atoms with Gasteiger partial charge in [0.25, 0.3) is 5.91 Å². The number of aromatic nitrogens is 1. The van der Waals surface area contributed by atoms with Crippen LogP contribution in [0.1, 0.15) is 75.2 Å². The third-order valence-corrected chi connectivity index (χ3v) is 7.17. The summed E-state index contributed by atoms with van der Waals surface area (Å²) < 4.78 is 17.1. The van der Waals surface area contributed by atoms with E-state index in [1.54, 1.807) is 70.0 Å². The molecule has 0 aliphatic heterocycles. The Morgan fingerprint density at radius 1 is 0.878 bits per heavy atom. The van der Waals surface area contributed by atoms with Crippen LogP contribution >= 0.6 is 0 Å². The fraction of sp³-hybridized carbons (Fsp3) is 0.424. The zero-order chi connectivity index (χ0) is 30.0. The van der Waals surface area contributed by atoms with Gasteiger partial charge in [-0.25, -0.2) is 4.98 Å². The van der Waals surface area contributed by atoms with E-state index in [1.165, 1.54) is 0 Å². The molecule has 0 spiro atoms. The number of carbonyl (C=O) groups excluding carboxylic acids is 2. The molecule has 0 bridgehead atoms. The number of amides is 2. The lowest BCUT2D eigenvalue weighted by molar-refractivity contribution is -0.124. The number of unbranched alkanes of at least 4 members (excludes halogenated alkanes) is 2. The summed E-state index contributed by atoms with van der Waals surface area (Å²) >= 11 is 0. The molecule has 2 unspecified atom stereocenters. The molecule has 41 heavy (non-hydrogen) atoms. The van der Waals surface area contributed by atoms with Gasteiger partial charge < -0.3 is 24.8 Å². The summed E-state index contributed by atoms with van der Waals surface area (Å²) in [6.07, 6.45) is 5.49. The minimum Gasteiger partial charge on any atom is -0.493 e. The van der Waals surface area contributed by atoms with E-state index in [0.29, 0.717) is 34.3 Å². The van der Waals surface area contributed by atoms with Gasteiger partial charge in [0.15, 0.2) is 11.5 Å². The molecule has 3 aromatic rings. The molecule has 0 aliphatic carbocycles. The molecule has 1 heterocycles. The minimum atomic E-state index is -0.419. The van der Waals surface area contributed by atoms with Gasteiger partial charge in [0.05, 0.1) is 27.2 Å². The molecule has 220 valence electrons. The van der Waals surface area contributed by atoms with Crippen LogP contribution in [0.5, 0.6) is 17.2 Å². The van der Waals surface area contributed by atoms with Crippen molar-refractivity contribution in [3.05, 3.63) is 71.9 Å². The van der Waals surface area contributed by atoms with Crippen LogP contribution in [0.3, 0.4) is 0 Å². The third kappa shape index (κ3) is 7.99. The number of nitrogens with zero attached hydrogens (tertiary/aromatic N) is 1. The first-order valence-corrected chi connectivity index (χ1v) is 14.1. The van der Waals surface area contributed by atoms with Crippen molar-refractivity contribution in [3.63, 3.8) is 0 Å².